The molecule has 0 unspecified atom stereocenters. The van der Waals surface area contributed by atoms with Crippen molar-refractivity contribution in [2.45, 2.75) is 70.8 Å². The van der Waals surface area contributed by atoms with Gasteiger partial charge in [-0.05, 0) is 60.1 Å². The Morgan fingerprint density at radius 1 is 1.26 bits per heavy atom. The minimum absolute atomic E-state index is 0.0198. The van der Waals surface area contributed by atoms with Gasteiger partial charge < -0.3 is 10.2 Å². The third-order valence-corrected chi connectivity index (χ3v) is 6.59. The molecule has 0 bridgehead atoms. The molecule has 3 heteroatoms. The van der Waals surface area contributed by atoms with Gasteiger partial charge in [-0.2, -0.15) is 0 Å². The van der Waals surface area contributed by atoms with Crippen molar-refractivity contribution in [1.29, 1.82) is 0 Å². The molecular weight excluding hydrogens is 288 g/mol. The van der Waals surface area contributed by atoms with E-state index >= 15 is 0 Å². The van der Waals surface area contributed by atoms with Crippen molar-refractivity contribution in [3.63, 3.8) is 0 Å². The van der Waals surface area contributed by atoms with Gasteiger partial charge in [-0.1, -0.05) is 45.4 Å². The summed E-state index contributed by atoms with van der Waals surface area (Å²) >= 11 is 0. The van der Waals surface area contributed by atoms with Gasteiger partial charge in [-0.15, -0.1) is 0 Å². The van der Waals surface area contributed by atoms with Crippen LogP contribution in [0.2, 0.25) is 0 Å². The lowest BCUT2D eigenvalue weighted by Crippen LogP contribution is -2.53. The number of rotatable bonds is 2. The van der Waals surface area contributed by atoms with Gasteiger partial charge in [0.25, 0.3) is 0 Å². The summed E-state index contributed by atoms with van der Waals surface area (Å²) in [6.07, 6.45) is 2.62. The lowest BCUT2D eigenvalue weighted by atomic mass is 9.49. The van der Waals surface area contributed by atoms with Gasteiger partial charge >= 0.3 is 5.97 Å². The first-order chi connectivity index (χ1) is 10.7. The number of carboxylic acid groups (broad SMARTS) is 1. The summed E-state index contributed by atoms with van der Waals surface area (Å²) in [5, 5.41) is 20.6. The Morgan fingerprint density at radius 2 is 1.96 bits per heavy atom. The van der Waals surface area contributed by atoms with Gasteiger partial charge in [0, 0.05) is 0 Å². The van der Waals surface area contributed by atoms with Crippen LogP contribution >= 0.6 is 0 Å². The summed E-state index contributed by atoms with van der Waals surface area (Å²) in [6.45, 7) is 8.39. The van der Waals surface area contributed by atoms with E-state index in [9.17, 15) is 15.0 Å². The van der Waals surface area contributed by atoms with Gasteiger partial charge in [0.15, 0.2) is 0 Å². The molecule has 4 atom stereocenters. The topological polar surface area (TPSA) is 57.5 Å². The molecule has 1 aromatic rings. The minimum Gasteiger partial charge on any atom is -0.481 e. The van der Waals surface area contributed by atoms with Crippen LogP contribution in [-0.2, 0) is 10.2 Å². The fourth-order valence-electron chi connectivity index (χ4n) is 5.06. The van der Waals surface area contributed by atoms with Crippen LogP contribution in [0, 0.1) is 11.3 Å². The largest absolute Gasteiger partial charge is 0.481 e. The lowest BCUT2D eigenvalue weighted by Gasteiger charge is -2.54. The van der Waals surface area contributed by atoms with Gasteiger partial charge in [0.05, 0.1) is 11.5 Å². The standard InChI is InChI=1S/C20H28O3/c1-12(2)13-6-7-15-14(10-13)16(21)11-17-19(15,3)8-5-9-20(17,4)18(22)23/h6-7,10,12,16-17,21H,5,8-9,11H2,1-4H3,(H,22,23)/t16-,17+,19+,20-/m0/s1. The molecule has 1 saturated carbocycles. The molecular formula is C20H28O3. The Balaban J connectivity index is 2.14. The molecule has 0 saturated heterocycles. The molecule has 1 aromatic carbocycles. The molecule has 1 fully saturated rings. The van der Waals surface area contributed by atoms with Crippen LogP contribution in [0.3, 0.4) is 0 Å². The zero-order valence-electron chi connectivity index (χ0n) is 14.6. The molecule has 0 spiro atoms. The number of hydrogen-bond acceptors (Lipinski definition) is 2. The number of aliphatic hydroxyl groups excluding tert-OH is 1. The van der Waals surface area contributed by atoms with E-state index in [4.69, 9.17) is 0 Å². The molecule has 0 aliphatic heterocycles. The van der Waals surface area contributed by atoms with E-state index in [1.54, 1.807) is 0 Å². The van der Waals surface area contributed by atoms with E-state index in [0.29, 0.717) is 18.8 Å². The highest BCUT2D eigenvalue weighted by Gasteiger charge is 2.56. The van der Waals surface area contributed by atoms with Crippen LogP contribution in [0.4, 0.5) is 0 Å². The van der Waals surface area contributed by atoms with Crippen molar-refractivity contribution < 1.29 is 15.0 Å². The number of aliphatic hydroxyl groups is 1. The summed E-state index contributed by atoms with van der Waals surface area (Å²) in [5.41, 5.74) is 2.52. The fraction of sp³-hybridized carbons (Fsp3) is 0.650. The van der Waals surface area contributed by atoms with E-state index < -0.39 is 17.5 Å². The highest BCUT2D eigenvalue weighted by molar-refractivity contribution is 5.75. The lowest BCUT2D eigenvalue weighted by molar-refractivity contribution is -0.159. The zero-order chi connectivity index (χ0) is 17.0. The number of carboxylic acids is 1. The van der Waals surface area contributed by atoms with E-state index in [-0.39, 0.29) is 11.3 Å². The van der Waals surface area contributed by atoms with E-state index in [1.807, 2.05) is 6.92 Å². The summed E-state index contributed by atoms with van der Waals surface area (Å²) < 4.78 is 0. The van der Waals surface area contributed by atoms with Crippen molar-refractivity contribution in [1.82, 2.24) is 0 Å². The average molecular weight is 316 g/mol. The van der Waals surface area contributed by atoms with Crippen molar-refractivity contribution >= 4 is 5.97 Å². The van der Waals surface area contributed by atoms with Crippen LogP contribution in [-0.4, -0.2) is 16.2 Å². The number of fused-ring (bicyclic) bond motifs is 3. The van der Waals surface area contributed by atoms with Crippen LogP contribution in [0.15, 0.2) is 18.2 Å². The fourth-order valence-corrected chi connectivity index (χ4v) is 5.06. The average Bonchev–Trinajstić information content (AvgIpc) is 2.49. The molecule has 3 rings (SSSR count). The van der Waals surface area contributed by atoms with Gasteiger partial charge in [-0.3, -0.25) is 4.79 Å². The van der Waals surface area contributed by atoms with Crippen LogP contribution in [0.25, 0.3) is 0 Å². The Morgan fingerprint density at radius 3 is 2.57 bits per heavy atom. The van der Waals surface area contributed by atoms with E-state index in [2.05, 4.69) is 39.0 Å². The number of aliphatic carboxylic acids is 1. The number of benzene rings is 1. The zero-order valence-corrected chi connectivity index (χ0v) is 14.6. The van der Waals surface area contributed by atoms with Gasteiger partial charge in [-0.25, -0.2) is 0 Å². The van der Waals surface area contributed by atoms with Gasteiger partial charge in [0.2, 0.25) is 0 Å². The first kappa shape index (κ1) is 16.5. The molecule has 126 valence electrons. The highest BCUT2D eigenvalue weighted by Crippen LogP contribution is 2.59. The Bertz CT molecular complexity index is 636. The summed E-state index contributed by atoms with van der Waals surface area (Å²) in [5.74, 6) is -0.315. The second-order valence-corrected chi connectivity index (χ2v) is 8.30. The molecule has 2 N–H and O–H groups in total. The second-order valence-electron chi connectivity index (χ2n) is 8.30. The SMILES string of the molecule is CC(C)c1ccc2c(c1)[C@@H](O)C[C@H]1[C@@](C)(C(=O)O)CCC[C@]21C. The van der Waals surface area contributed by atoms with E-state index in [0.717, 1.165) is 24.0 Å². The molecule has 0 amide bonds. The summed E-state index contributed by atoms with van der Waals surface area (Å²) in [7, 11) is 0. The van der Waals surface area contributed by atoms with Crippen LogP contribution in [0.1, 0.15) is 82.1 Å². The minimum atomic E-state index is -0.748. The smallest absolute Gasteiger partial charge is 0.309 e. The Kier molecular flexibility index (Phi) is 3.83. The van der Waals surface area contributed by atoms with Crippen molar-refractivity contribution in [2.24, 2.45) is 11.3 Å². The second kappa shape index (κ2) is 5.34. The quantitative estimate of drug-likeness (QED) is 0.850. The van der Waals surface area contributed by atoms with Crippen molar-refractivity contribution in [3.8, 4) is 0 Å². The molecule has 0 radical (unpaired) electrons. The number of hydrogen-bond donors (Lipinski definition) is 2. The Hall–Kier alpha value is -1.35. The molecule has 23 heavy (non-hydrogen) atoms. The normalized spacial score (nSPS) is 36.4. The third kappa shape index (κ3) is 2.32. The van der Waals surface area contributed by atoms with E-state index in [1.165, 1.54) is 5.56 Å². The van der Waals surface area contributed by atoms with Crippen LogP contribution < -0.4 is 0 Å². The third-order valence-electron chi connectivity index (χ3n) is 6.59. The summed E-state index contributed by atoms with van der Waals surface area (Å²) in [4.78, 5) is 12.0. The predicted octanol–water partition coefficient (Wildman–Crippen LogP) is 4.40. The maximum absolute atomic E-state index is 12.0. The summed E-state index contributed by atoms with van der Waals surface area (Å²) in [6, 6.07) is 6.43. The maximum atomic E-state index is 12.0. The monoisotopic (exact) mass is 316 g/mol. The maximum Gasteiger partial charge on any atom is 0.309 e. The van der Waals surface area contributed by atoms with Crippen molar-refractivity contribution in [3.05, 3.63) is 34.9 Å². The number of carbonyl (C=O) groups is 1. The Labute approximate surface area is 138 Å². The molecule has 3 nitrogen and oxygen atoms in total. The predicted molar refractivity (Wildman–Crippen MR) is 90.5 cm³/mol. The molecule has 0 aromatic heterocycles. The van der Waals surface area contributed by atoms with Crippen molar-refractivity contribution in [2.75, 3.05) is 0 Å². The molecule has 2 aliphatic rings. The molecule has 0 heterocycles. The first-order valence-electron chi connectivity index (χ1n) is 8.76. The van der Waals surface area contributed by atoms with Gasteiger partial charge in [0.1, 0.15) is 0 Å². The first-order valence-corrected chi connectivity index (χ1v) is 8.76. The highest BCUT2D eigenvalue weighted by atomic mass is 16.4. The van der Waals surface area contributed by atoms with Crippen LogP contribution in [0.5, 0.6) is 0 Å². The molecule has 2 aliphatic carbocycles.